The summed E-state index contributed by atoms with van der Waals surface area (Å²) in [6.07, 6.45) is 0.444. The zero-order valence-corrected chi connectivity index (χ0v) is 12.7. The normalized spacial score (nSPS) is 20.8. The maximum Gasteiger partial charge on any atom is 0.324 e. The van der Waals surface area contributed by atoms with E-state index in [9.17, 15) is 14.7 Å². The average molecular weight is 290 g/mol. The third kappa shape index (κ3) is 2.73. The minimum atomic E-state index is -0.829. The molecule has 0 aliphatic carbocycles. The molecule has 0 radical (unpaired) electrons. The third-order valence-electron chi connectivity index (χ3n) is 4.13. The van der Waals surface area contributed by atoms with Crippen LogP contribution in [0.15, 0.2) is 24.3 Å². The van der Waals surface area contributed by atoms with E-state index >= 15 is 0 Å². The van der Waals surface area contributed by atoms with Crippen LogP contribution in [-0.2, 0) is 4.79 Å². The Hall–Kier alpha value is -2.04. The Morgan fingerprint density at radius 2 is 1.90 bits per heavy atom. The molecule has 1 aliphatic rings. The molecule has 1 heterocycles. The van der Waals surface area contributed by atoms with Crippen molar-refractivity contribution < 1.29 is 14.7 Å². The molecule has 21 heavy (non-hydrogen) atoms. The second-order valence-corrected chi connectivity index (χ2v) is 5.36. The molecular weight excluding hydrogens is 268 g/mol. The Balaban J connectivity index is 2.45. The molecule has 1 aromatic carbocycles. The minimum absolute atomic E-state index is 0.0520. The quantitative estimate of drug-likeness (QED) is 0.931. The Morgan fingerprint density at radius 3 is 2.48 bits per heavy atom. The summed E-state index contributed by atoms with van der Waals surface area (Å²) in [7, 11) is 0. The van der Waals surface area contributed by atoms with Gasteiger partial charge in [0.2, 0.25) is 0 Å². The van der Waals surface area contributed by atoms with E-state index in [-0.39, 0.29) is 12.1 Å². The van der Waals surface area contributed by atoms with Crippen LogP contribution in [0.5, 0.6) is 0 Å². The standard InChI is InChI=1S/C16H22N2O3/c1-4-17(5-2)16(21)18-11(3)10-13(15(19)20)12-8-6-7-9-14(12)18/h6-9,11,13H,4-5,10H2,1-3H3,(H,19,20). The van der Waals surface area contributed by atoms with Gasteiger partial charge in [0.25, 0.3) is 0 Å². The van der Waals surface area contributed by atoms with Crippen LogP contribution in [0.4, 0.5) is 10.5 Å². The molecular formula is C16H22N2O3. The number of carboxylic acids is 1. The monoisotopic (exact) mass is 290 g/mol. The van der Waals surface area contributed by atoms with Gasteiger partial charge in [-0.3, -0.25) is 9.69 Å². The molecule has 5 nitrogen and oxygen atoms in total. The minimum Gasteiger partial charge on any atom is -0.481 e. The number of benzene rings is 1. The van der Waals surface area contributed by atoms with Gasteiger partial charge >= 0.3 is 12.0 Å². The predicted molar refractivity (Wildman–Crippen MR) is 81.7 cm³/mol. The fraction of sp³-hybridized carbons (Fsp3) is 0.500. The topological polar surface area (TPSA) is 60.9 Å². The van der Waals surface area contributed by atoms with E-state index in [0.717, 1.165) is 11.3 Å². The highest BCUT2D eigenvalue weighted by atomic mass is 16.4. The van der Waals surface area contributed by atoms with Gasteiger partial charge in [-0.2, -0.15) is 0 Å². The van der Waals surface area contributed by atoms with E-state index < -0.39 is 11.9 Å². The summed E-state index contributed by atoms with van der Waals surface area (Å²) in [5.41, 5.74) is 1.45. The van der Waals surface area contributed by atoms with Crippen LogP contribution in [0.3, 0.4) is 0 Å². The van der Waals surface area contributed by atoms with E-state index in [1.54, 1.807) is 9.80 Å². The molecule has 0 saturated heterocycles. The smallest absolute Gasteiger partial charge is 0.324 e. The highest BCUT2D eigenvalue weighted by Gasteiger charge is 2.37. The molecule has 0 saturated carbocycles. The van der Waals surface area contributed by atoms with Gasteiger partial charge in [-0.25, -0.2) is 4.79 Å². The lowest BCUT2D eigenvalue weighted by molar-refractivity contribution is -0.139. The van der Waals surface area contributed by atoms with Gasteiger partial charge < -0.3 is 10.0 Å². The van der Waals surface area contributed by atoms with Crippen molar-refractivity contribution in [2.45, 2.75) is 39.2 Å². The molecule has 5 heteroatoms. The number of aliphatic carboxylic acids is 1. The number of amides is 2. The van der Waals surface area contributed by atoms with Gasteiger partial charge in [0, 0.05) is 24.8 Å². The summed E-state index contributed by atoms with van der Waals surface area (Å²) in [6.45, 7) is 7.09. The van der Waals surface area contributed by atoms with Crippen molar-refractivity contribution >= 4 is 17.7 Å². The number of para-hydroxylation sites is 1. The fourth-order valence-corrected chi connectivity index (χ4v) is 2.98. The number of hydrogen-bond acceptors (Lipinski definition) is 2. The van der Waals surface area contributed by atoms with E-state index in [4.69, 9.17) is 0 Å². The molecule has 2 unspecified atom stereocenters. The number of fused-ring (bicyclic) bond motifs is 1. The lowest BCUT2D eigenvalue weighted by atomic mass is 9.86. The maximum absolute atomic E-state index is 12.7. The largest absolute Gasteiger partial charge is 0.481 e. The molecule has 2 rings (SSSR count). The van der Waals surface area contributed by atoms with Crippen LogP contribution in [0.2, 0.25) is 0 Å². The number of urea groups is 1. The lowest BCUT2D eigenvalue weighted by Gasteiger charge is -2.40. The number of carbonyl (C=O) groups excluding carboxylic acids is 1. The third-order valence-corrected chi connectivity index (χ3v) is 4.13. The van der Waals surface area contributed by atoms with E-state index in [0.29, 0.717) is 19.5 Å². The van der Waals surface area contributed by atoms with Crippen LogP contribution in [-0.4, -0.2) is 41.1 Å². The molecule has 0 fully saturated rings. The van der Waals surface area contributed by atoms with Gasteiger partial charge in [-0.1, -0.05) is 18.2 Å². The summed E-state index contributed by atoms with van der Waals surface area (Å²) in [4.78, 5) is 27.7. The van der Waals surface area contributed by atoms with Crippen LogP contribution < -0.4 is 4.90 Å². The van der Waals surface area contributed by atoms with Crippen LogP contribution in [0, 0.1) is 0 Å². The fourth-order valence-electron chi connectivity index (χ4n) is 2.98. The SMILES string of the molecule is CCN(CC)C(=O)N1c2ccccc2C(C(=O)O)CC1C. The summed E-state index contributed by atoms with van der Waals surface area (Å²) in [5, 5.41) is 9.42. The molecule has 0 spiro atoms. The summed E-state index contributed by atoms with van der Waals surface area (Å²) in [6, 6.07) is 7.13. The summed E-state index contributed by atoms with van der Waals surface area (Å²) >= 11 is 0. The average Bonchev–Trinajstić information content (AvgIpc) is 2.47. The van der Waals surface area contributed by atoms with Crippen LogP contribution >= 0.6 is 0 Å². The highest BCUT2D eigenvalue weighted by Crippen LogP contribution is 2.38. The molecule has 1 aliphatic heterocycles. The second-order valence-electron chi connectivity index (χ2n) is 5.36. The van der Waals surface area contributed by atoms with Gasteiger partial charge in [0.15, 0.2) is 0 Å². The number of nitrogens with zero attached hydrogens (tertiary/aromatic N) is 2. The number of carbonyl (C=O) groups is 2. The Labute approximate surface area is 125 Å². The molecule has 114 valence electrons. The summed E-state index contributed by atoms with van der Waals surface area (Å²) in [5.74, 6) is -1.37. The van der Waals surface area contributed by atoms with Crippen molar-refractivity contribution in [3.63, 3.8) is 0 Å². The molecule has 1 N–H and O–H groups in total. The first-order valence-electron chi connectivity index (χ1n) is 7.41. The number of carboxylic acid groups (broad SMARTS) is 1. The highest BCUT2D eigenvalue weighted by molar-refractivity contribution is 5.96. The zero-order chi connectivity index (χ0) is 15.6. The molecule has 0 bridgehead atoms. The lowest BCUT2D eigenvalue weighted by Crippen LogP contribution is -2.50. The van der Waals surface area contributed by atoms with Gasteiger partial charge in [0.1, 0.15) is 0 Å². The van der Waals surface area contributed by atoms with E-state index in [2.05, 4.69) is 0 Å². The van der Waals surface area contributed by atoms with Gasteiger partial charge in [-0.05, 0) is 38.8 Å². The van der Waals surface area contributed by atoms with E-state index in [1.165, 1.54) is 0 Å². The summed E-state index contributed by atoms with van der Waals surface area (Å²) < 4.78 is 0. The Morgan fingerprint density at radius 1 is 1.29 bits per heavy atom. The second kappa shape index (κ2) is 6.16. The molecule has 2 atom stereocenters. The maximum atomic E-state index is 12.7. The van der Waals surface area contributed by atoms with Gasteiger partial charge in [-0.15, -0.1) is 0 Å². The van der Waals surface area contributed by atoms with Crippen molar-refractivity contribution in [2.75, 3.05) is 18.0 Å². The zero-order valence-electron chi connectivity index (χ0n) is 12.7. The van der Waals surface area contributed by atoms with Crippen LogP contribution in [0.1, 0.15) is 38.7 Å². The number of hydrogen-bond donors (Lipinski definition) is 1. The van der Waals surface area contributed by atoms with Crippen molar-refractivity contribution in [1.29, 1.82) is 0 Å². The number of anilines is 1. The van der Waals surface area contributed by atoms with Crippen molar-refractivity contribution in [3.05, 3.63) is 29.8 Å². The first kappa shape index (κ1) is 15.4. The van der Waals surface area contributed by atoms with Crippen molar-refractivity contribution in [1.82, 2.24) is 4.90 Å². The van der Waals surface area contributed by atoms with Crippen molar-refractivity contribution in [3.8, 4) is 0 Å². The predicted octanol–water partition coefficient (Wildman–Crippen LogP) is 2.92. The first-order chi connectivity index (χ1) is 10.0. The molecule has 2 amide bonds. The van der Waals surface area contributed by atoms with E-state index in [1.807, 2.05) is 45.0 Å². The molecule has 0 aromatic heterocycles. The van der Waals surface area contributed by atoms with Crippen LogP contribution in [0.25, 0.3) is 0 Å². The Bertz CT molecular complexity index is 540. The Kier molecular flexibility index (Phi) is 4.50. The molecule has 1 aromatic rings. The first-order valence-corrected chi connectivity index (χ1v) is 7.41. The van der Waals surface area contributed by atoms with Crippen molar-refractivity contribution in [2.24, 2.45) is 0 Å². The van der Waals surface area contributed by atoms with Gasteiger partial charge in [0.05, 0.1) is 5.92 Å². The number of rotatable bonds is 3.